The normalized spacial score (nSPS) is 13.8. The molecule has 0 aliphatic heterocycles. The van der Waals surface area contributed by atoms with E-state index in [9.17, 15) is 10.1 Å². The predicted molar refractivity (Wildman–Crippen MR) is 136 cm³/mol. The fourth-order valence-electron chi connectivity index (χ4n) is 4.31. The maximum absolute atomic E-state index is 12.8. The standard InChI is InChI=1S/C28H40N4O/c1-23(2)28(22-30,25-14-7-4-8-15-25)18-11-20-31-26(16-9-10-19-29)27(33)32-21-17-24-12-5-3-6-13-24/h3-8,12-15,23,26,31H,9-11,16-21,29H2,1-2H3,(H,32,33)/t26-,28+/m1/s1. The van der Waals surface area contributed by atoms with Crippen LogP contribution in [0.4, 0.5) is 0 Å². The van der Waals surface area contributed by atoms with E-state index in [0.29, 0.717) is 19.6 Å². The molecule has 1 amide bonds. The SMILES string of the molecule is CC(C)[C@@](C#N)(CCCN[C@H](CCCCN)C(=O)NCCc1ccccc1)c1ccccc1. The van der Waals surface area contributed by atoms with Gasteiger partial charge in [-0.15, -0.1) is 0 Å². The Morgan fingerprint density at radius 1 is 1.00 bits per heavy atom. The molecular weight excluding hydrogens is 408 g/mol. The monoisotopic (exact) mass is 448 g/mol. The third kappa shape index (κ3) is 8.31. The Kier molecular flexibility index (Phi) is 11.6. The van der Waals surface area contributed by atoms with Gasteiger partial charge in [0.05, 0.1) is 17.5 Å². The van der Waals surface area contributed by atoms with Crippen LogP contribution in [0.15, 0.2) is 60.7 Å². The van der Waals surface area contributed by atoms with Gasteiger partial charge >= 0.3 is 0 Å². The predicted octanol–water partition coefficient (Wildman–Crippen LogP) is 4.33. The molecule has 0 saturated carbocycles. The van der Waals surface area contributed by atoms with Crippen molar-refractivity contribution >= 4 is 5.91 Å². The molecule has 0 bridgehead atoms. The van der Waals surface area contributed by atoms with E-state index in [4.69, 9.17) is 5.73 Å². The Balaban J connectivity index is 1.90. The number of nitriles is 1. The first kappa shape index (κ1) is 26.6. The van der Waals surface area contributed by atoms with E-state index >= 15 is 0 Å². The van der Waals surface area contributed by atoms with Crippen LogP contribution in [0.25, 0.3) is 0 Å². The molecule has 2 aromatic carbocycles. The third-order valence-electron chi connectivity index (χ3n) is 6.43. The second kappa shape index (κ2) is 14.5. The summed E-state index contributed by atoms with van der Waals surface area (Å²) >= 11 is 0. The Morgan fingerprint density at radius 2 is 1.67 bits per heavy atom. The molecule has 0 spiro atoms. The minimum absolute atomic E-state index is 0.0430. The van der Waals surface area contributed by atoms with Gasteiger partial charge in [0.2, 0.25) is 5.91 Å². The van der Waals surface area contributed by atoms with Crippen molar-refractivity contribution in [2.45, 2.75) is 63.8 Å². The number of nitrogens with two attached hydrogens (primary N) is 1. The topological polar surface area (TPSA) is 90.9 Å². The molecule has 0 fully saturated rings. The highest BCUT2D eigenvalue weighted by molar-refractivity contribution is 5.81. The van der Waals surface area contributed by atoms with E-state index in [1.807, 2.05) is 48.5 Å². The first-order chi connectivity index (χ1) is 16.0. The number of nitrogens with one attached hydrogen (secondary N) is 2. The lowest BCUT2D eigenvalue weighted by molar-refractivity contribution is -0.123. The Morgan fingerprint density at radius 3 is 2.27 bits per heavy atom. The third-order valence-corrected chi connectivity index (χ3v) is 6.43. The minimum atomic E-state index is -0.518. The van der Waals surface area contributed by atoms with Gasteiger partial charge in [-0.1, -0.05) is 80.9 Å². The lowest BCUT2D eigenvalue weighted by Crippen LogP contribution is -2.45. The van der Waals surface area contributed by atoms with Gasteiger partial charge in [0, 0.05) is 6.54 Å². The van der Waals surface area contributed by atoms with Crippen molar-refractivity contribution in [3.63, 3.8) is 0 Å². The summed E-state index contributed by atoms with van der Waals surface area (Å²) in [4.78, 5) is 12.8. The number of carbonyl (C=O) groups is 1. The van der Waals surface area contributed by atoms with E-state index in [0.717, 1.165) is 44.1 Å². The molecule has 0 heterocycles. The number of carbonyl (C=O) groups excluding carboxylic acids is 1. The van der Waals surface area contributed by atoms with Crippen LogP contribution >= 0.6 is 0 Å². The van der Waals surface area contributed by atoms with Crippen LogP contribution in [-0.2, 0) is 16.6 Å². The van der Waals surface area contributed by atoms with Gasteiger partial charge in [0.15, 0.2) is 0 Å². The quantitative estimate of drug-likeness (QED) is 0.354. The van der Waals surface area contributed by atoms with Crippen LogP contribution < -0.4 is 16.4 Å². The highest BCUT2D eigenvalue weighted by Gasteiger charge is 2.35. The second-order valence-electron chi connectivity index (χ2n) is 9.03. The lowest BCUT2D eigenvalue weighted by atomic mass is 9.70. The molecule has 2 aromatic rings. The summed E-state index contributed by atoms with van der Waals surface area (Å²) in [6.07, 6.45) is 4.99. The van der Waals surface area contributed by atoms with Crippen LogP contribution in [0.1, 0.15) is 57.1 Å². The molecule has 0 aliphatic rings. The van der Waals surface area contributed by atoms with E-state index in [2.05, 4.69) is 42.7 Å². The van der Waals surface area contributed by atoms with Gasteiger partial charge in [-0.3, -0.25) is 4.79 Å². The lowest BCUT2D eigenvalue weighted by Gasteiger charge is -2.31. The second-order valence-corrected chi connectivity index (χ2v) is 9.03. The molecule has 33 heavy (non-hydrogen) atoms. The van der Waals surface area contributed by atoms with Crippen molar-refractivity contribution < 1.29 is 4.79 Å². The zero-order valence-electron chi connectivity index (χ0n) is 20.2. The van der Waals surface area contributed by atoms with E-state index in [1.165, 1.54) is 5.56 Å². The summed E-state index contributed by atoms with van der Waals surface area (Å²) in [6, 6.07) is 22.6. The van der Waals surface area contributed by atoms with Gasteiger partial charge < -0.3 is 16.4 Å². The first-order valence-electron chi connectivity index (χ1n) is 12.3. The summed E-state index contributed by atoms with van der Waals surface area (Å²) < 4.78 is 0. The summed E-state index contributed by atoms with van der Waals surface area (Å²) in [7, 11) is 0. The number of hydrogen-bond donors (Lipinski definition) is 3. The summed E-state index contributed by atoms with van der Waals surface area (Å²) in [5.74, 6) is 0.243. The van der Waals surface area contributed by atoms with Crippen molar-refractivity contribution in [2.24, 2.45) is 11.7 Å². The Hall–Kier alpha value is -2.68. The zero-order valence-corrected chi connectivity index (χ0v) is 20.2. The maximum atomic E-state index is 12.8. The van der Waals surface area contributed by atoms with Crippen molar-refractivity contribution in [1.82, 2.24) is 10.6 Å². The van der Waals surface area contributed by atoms with Crippen LogP contribution in [0, 0.1) is 17.2 Å². The van der Waals surface area contributed by atoms with E-state index < -0.39 is 5.41 Å². The van der Waals surface area contributed by atoms with E-state index in [1.54, 1.807) is 0 Å². The van der Waals surface area contributed by atoms with Crippen molar-refractivity contribution in [1.29, 1.82) is 5.26 Å². The molecular formula is C28H40N4O. The molecule has 5 heteroatoms. The van der Waals surface area contributed by atoms with Gasteiger partial charge in [-0.05, 0) is 62.2 Å². The fourth-order valence-corrected chi connectivity index (χ4v) is 4.31. The number of benzene rings is 2. The highest BCUT2D eigenvalue weighted by Crippen LogP contribution is 2.36. The zero-order chi connectivity index (χ0) is 23.9. The van der Waals surface area contributed by atoms with Crippen LogP contribution in [-0.4, -0.2) is 31.6 Å². The molecule has 0 radical (unpaired) electrons. The molecule has 2 rings (SSSR count). The minimum Gasteiger partial charge on any atom is -0.354 e. The van der Waals surface area contributed by atoms with Gasteiger partial charge in [-0.25, -0.2) is 0 Å². The average molecular weight is 449 g/mol. The summed E-state index contributed by atoms with van der Waals surface area (Å²) in [5.41, 5.74) is 7.42. The van der Waals surface area contributed by atoms with Gasteiger partial charge in [0.25, 0.3) is 0 Å². The molecule has 0 saturated heterocycles. The molecule has 178 valence electrons. The highest BCUT2D eigenvalue weighted by atomic mass is 16.2. The van der Waals surface area contributed by atoms with Crippen LogP contribution in [0.3, 0.4) is 0 Å². The summed E-state index contributed by atoms with van der Waals surface area (Å²) in [5, 5.41) is 16.6. The van der Waals surface area contributed by atoms with Crippen molar-refractivity contribution in [3.8, 4) is 6.07 Å². The smallest absolute Gasteiger partial charge is 0.237 e. The van der Waals surface area contributed by atoms with Crippen LogP contribution in [0.2, 0.25) is 0 Å². The van der Waals surface area contributed by atoms with Gasteiger partial charge in [0.1, 0.15) is 0 Å². The number of unbranched alkanes of at least 4 members (excludes halogenated alkanes) is 1. The molecule has 2 atom stereocenters. The molecule has 5 nitrogen and oxygen atoms in total. The number of nitrogens with zero attached hydrogens (tertiary/aromatic N) is 1. The van der Waals surface area contributed by atoms with Crippen molar-refractivity contribution in [3.05, 3.63) is 71.8 Å². The van der Waals surface area contributed by atoms with Crippen LogP contribution in [0.5, 0.6) is 0 Å². The molecule has 0 aliphatic carbocycles. The Bertz CT molecular complexity index is 847. The van der Waals surface area contributed by atoms with E-state index in [-0.39, 0.29) is 17.9 Å². The van der Waals surface area contributed by atoms with Gasteiger partial charge in [-0.2, -0.15) is 5.26 Å². The number of rotatable bonds is 15. The largest absolute Gasteiger partial charge is 0.354 e. The first-order valence-corrected chi connectivity index (χ1v) is 12.3. The molecule has 0 unspecified atom stereocenters. The Labute approximate surface area is 199 Å². The fraction of sp³-hybridized carbons (Fsp3) is 0.500. The average Bonchev–Trinajstić information content (AvgIpc) is 2.84. The molecule has 0 aromatic heterocycles. The number of amides is 1. The van der Waals surface area contributed by atoms with Crippen molar-refractivity contribution in [2.75, 3.05) is 19.6 Å². The molecule has 4 N–H and O–H groups in total. The maximum Gasteiger partial charge on any atom is 0.237 e. The summed E-state index contributed by atoms with van der Waals surface area (Å²) in [6.45, 7) is 6.18. The number of hydrogen-bond acceptors (Lipinski definition) is 4.